The van der Waals surface area contributed by atoms with Gasteiger partial charge in [0.05, 0.1) is 0 Å². The van der Waals surface area contributed by atoms with E-state index in [2.05, 4.69) is 42.5 Å². The van der Waals surface area contributed by atoms with Gasteiger partial charge >= 0.3 is 0 Å². The van der Waals surface area contributed by atoms with Crippen LogP contribution in [0.3, 0.4) is 0 Å². The van der Waals surface area contributed by atoms with Crippen LogP contribution in [0.5, 0.6) is 5.75 Å². The number of hydrogen-bond donors (Lipinski definition) is 1. The molecule has 0 heterocycles. The predicted octanol–water partition coefficient (Wildman–Crippen LogP) is 6.96. The van der Waals surface area contributed by atoms with Crippen molar-refractivity contribution in [2.75, 3.05) is 0 Å². The Kier molecular flexibility index (Phi) is 5.75. The summed E-state index contributed by atoms with van der Waals surface area (Å²) < 4.78 is 0. The molecular weight excluding hydrogens is 335 g/mol. The van der Waals surface area contributed by atoms with E-state index < -0.39 is 0 Å². The average Bonchev–Trinajstić information content (AvgIpc) is 2.71. The lowest BCUT2D eigenvalue weighted by Crippen LogP contribution is -2.20. The minimum Gasteiger partial charge on any atom is -0.508 e. The fourth-order valence-electron chi connectivity index (χ4n) is 4.53. The summed E-state index contributed by atoms with van der Waals surface area (Å²) >= 11 is 0. The van der Waals surface area contributed by atoms with E-state index in [0.29, 0.717) is 5.75 Å². The van der Waals surface area contributed by atoms with Gasteiger partial charge in [-0.05, 0) is 86.0 Å². The van der Waals surface area contributed by atoms with Crippen molar-refractivity contribution in [3.8, 4) is 16.9 Å². The lowest BCUT2D eigenvalue weighted by molar-refractivity contribution is 0.475. The highest BCUT2D eigenvalue weighted by Crippen LogP contribution is 2.57. The second-order valence-corrected chi connectivity index (χ2v) is 10.2. The molecule has 0 saturated heterocycles. The Morgan fingerprint density at radius 2 is 1.58 bits per heavy atom. The number of hydrogen-bond acceptors (Lipinski definition) is 1. The molecule has 0 spiro atoms. The van der Waals surface area contributed by atoms with Crippen molar-refractivity contribution < 1.29 is 5.11 Å². The highest BCUT2D eigenvalue weighted by molar-refractivity contribution is 7.70. The first-order valence-corrected chi connectivity index (χ1v) is 11.6. The first-order chi connectivity index (χ1) is 12.8. The monoisotopic (exact) mass is 364 g/mol. The molecule has 1 nitrogen and oxygen atoms in total. The van der Waals surface area contributed by atoms with E-state index in [1.54, 1.807) is 10.6 Å². The highest BCUT2D eigenvalue weighted by Gasteiger charge is 2.29. The zero-order valence-electron chi connectivity index (χ0n) is 15.5. The molecule has 1 atom stereocenters. The first kappa shape index (κ1) is 17.8. The summed E-state index contributed by atoms with van der Waals surface area (Å²) in [6.07, 6.45) is 14.9. The van der Waals surface area contributed by atoms with Crippen LogP contribution >= 0.6 is 7.92 Å². The van der Waals surface area contributed by atoms with Crippen LogP contribution in [0.1, 0.15) is 57.8 Å². The lowest BCUT2D eigenvalue weighted by atomic mass is 10.0. The van der Waals surface area contributed by atoms with Crippen molar-refractivity contribution in [3.63, 3.8) is 0 Å². The minimum atomic E-state index is -0.246. The van der Waals surface area contributed by atoms with E-state index >= 15 is 0 Å². The van der Waals surface area contributed by atoms with E-state index in [1.807, 2.05) is 12.1 Å². The molecule has 0 aliphatic heterocycles. The molecule has 0 aromatic heterocycles. The van der Waals surface area contributed by atoms with Crippen LogP contribution in [0.2, 0.25) is 0 Å². The van der Waals surface area contributed by atoms with Crippen molar-refractivity contribution in [2.45, 2.75) is 63.4 Å². The number of aromatic hydroxyl groups is 1. The molecule has 1 N–H and O–H groups in total. The smallest absolute Gasteiger partial charge is 0.115 e. The Hall–Kier alpha value is -1.59. The van der Waals surface area contributed by atoms with Crippen molar-refractivity contribution in [1.29, 1.82) is 0 Å². The van der Waals surface area contributed by atoms with Gasteiger partial charge in [-0.2, -0.15) is 0 Å². The molecule has 0 bridgehead atoms. The maximum absolute atomic E-state index is 9.68. The zero-order chi connectivity index (χ0) is 17.8. The largest absolute Gasteiger partial charge is 0.508 e. The number of phenolic OH excluding ortho intramolecular Hbond substituents is 1. The van der Waals surface area contributed by atoms with Gasteiger partial charge in [0.25, 0.3) is 0 Å². The second-order valence-electron chi connectivity index (χ2n) is 7.67. The molecule has 26 heavy (non-hydrogen) atoms. The van der Waals surface area contributed by atoms with Gasteiger partial charge in [0.15, 0.2) is 0 Å². The van der Waals surface area contributed by atoms with Crippen LogP contribution in [-0.4, -0.2) is 10.8 Å². The van der Waals surface area contributed by atoms with Crippen LogP contribution in [0.25, 0.3) is 11.1 Å². The van der Waals surface area contributed by atoms with Crippen LogP contribution in [0.4, 0.5) is 0 Å². The Morgan fingerprint density at radius 1 is 0.808 bits per heavy atom. The second kappa shape index (κ2) is 8.40. The molecule has 2 aliphatic carbocycles. The summed E-state index contributed by atoms with van der Waals surface area (Å²) in [5.41, 5.74) is 3.45. The molecule has 1 unspecified atom stereocenters. The van der Waals surface area contributed by atoms with Crippen molar-refractivity contribution in [1.82, 2.24) is 0 Å². The fourth-order valence-corrected chi connectivity index (χ4v) is 8.02. The number of benzene rings is 2. The fraction of sp³-hybridized carbons (Fsp3) is 0.417. The Bertz CT molecular complexity index is 756. The molecule has 2 aromatic rings. The van der Waals surface area contributed by atoms with Crippen molar-refractivity contribution in [3.05, 3.63) is 59.9 Å². The molecule has 2 heteroatoms. The zero-order valence-corrected chi connectivity index (χ0v) is 16.4. The molecule has 0 amide bonds. The molecular formula is C24H29OP. The predicted molar refractivity (Wildman–Crippen MR) is 114 cm³/mol. The summed E-state index contributed by atoms with van der Waals surface area (Å²) in [7, 11) is -0.246. The van der Waals surface area contributed by atoms with E-state index in [1.165, 1.54) is 68.9 Å². The van der Waals surface area contributed by atoms with Crippen LogP contribution in [-0.2, 0) is 0 Å². The molecule has 2 aliphatic rings. The van der Waals surface area contributed by atoms with E-state index in [9.17, 15) is 5.11 Å². The van der Waals surface area contributed by atoms with Crippen LogP contribution in [0.15, 0.2) is 59.9 Å². The highest BCUT2D eigenvalue weighted by atomic mass is 31.1. The van der Waals surface area contributed by atoms with Crippen molar-refractivity contribution >= 4 is 13.2 Å². The number of phenols is 1. The SMILES string of the molecule is Oc1ccc(-c2ccccc2P(C2=CCCCC2)C2CCCCC2)cc1. The third-order valence-corrected chi connectivity index (χ3v) is 9.04. The number of allylic oxidation sites excluding steroid dienone is 2. The van der Waals surface area contributed by atoms with Gasteiger partial charge in [-0.3, -0.25) is 0 Å². The van der Waals surface area contributed by atoms with Crippen LogP contribution in [0, 0.1) is 0 Å². The van der Waals surface area contributed by atoms with E-state index in [4.69, 9.17) is 0 Å². The molecule has 136 valence electrons. The molecule has 0 radical (unpaired) electrons. The minimum absolute atomic E-state index is 0.246. The molecule has 1 fully saturated rings. The first-order valence-electron chi connectivity index (χ1n) is 10.2. The Labute approximate surface area is 158 Å². The molecule has 1 saturated carbocycles. The van der Waals surface area contributed by atoms with Gasteiger partial charge in [0, 0.05) is 0 Å². The lowest BCUT2D eigenvalue weighted by Gasteiger charge is -2.35. The maximum atomic E-state index is 9.68. The summed E-state index contributed by atoms with van der Waals surface area (Å²) in [5.74, 6) is 0.343. The normalized spacial score (nSPS) is 19.8. The van der Waals surface area contributed by atoms with Gasteiger partial charge in [-0.25, -0.2) is 0 Å². The molecule has 2 aromatic carbocycles. The summed E-state index contributed by atoms with van der Waals surface area (Å²) in [6, 6.07) is 16.8. The number of rotatable bonds is 4. The third kappa shape index (κ3) is 3.89. The van der Waals surface area contributed by atoms with Crippen LogP contribution < -0.4 is 5.30 Å². The third-order valence-electron chi connectivity index (χ3n) is 5.86. The maximum Gasteiger partial charge on any atom is 0.115 e. The van der Waals surface area contributed by atoms with Gasteiger partial charge in [0.1, 0.15) is 5.75 Å². The average molecular weight is 364 g/mol. The summed E-state index contributed by atoms with van der Waals surface area (Å²) in [6.45, 7) is 0. The van der Waals surface area contributed by atoms with Crippen molar-refractivity contribution in [2.24, 2.45) is 0 Å². The van der Waals surface area contributed by atoms with Gasteiger partial charge in [-0.15, -0.1) is 0 Å². The topological polar surface area (TPSA) is 20.2 Å². The van der Waals surface area contributed by atoms with Gasteiger partial charge < -0.3 is 5.11 Å². The van der Waals surface area contributed by atoms with Gasteiger partial charge in [0.2, 0.25) is 0 Å². The quantitative estimate of drug-likeness (QED) is 0.582. The standard InChI is InChI=1S/C24H29OP/c25-20-17-15-19(16-18-20)23-13-7-8-14-24(23)26(21-9-3-1-4-10-21)22-11-5-2-6-12-22/h7-9,13-18,22,25H,1-6,10-12H2. The van der Waals surface area contributed by atoms with E-state index in [0.717, 1.165) is 5.66 Å². The Balaban J connectivity index is 1.78. The molecule has 4 rings (SSSR count). The van der Waals surface area contributed by atoms with Gasteiger partial charge in [-0.1, -0.05) is 61.7 Å². The summed E-state index contributed by atoms with van der Waals surface area (Å²) in [5, 5.41) is 13.0. The Morgan fingerprint density at radius 3 is 2.31 bits per heavy atom. The summed E-state index contributed by atoms with van der Waals surface area (Å²) in [4.78, 5) is 0. The van der Waals surface area contributed by atoms with E-state index in [-0.39, 0.29) is 7.92 Å².